The minimum Gasteiger partial charge on any atom is -0.494 e. The molecule has 0 heterocycles. The second-order valence-electron chi connectivity index (χ2n) is 8.15. The van der Waals surface area contributed by atoms with E-state index in [1.807, 2.05) is 30.3 Å². The summed E-state index contributed by atoms with van der Waals surface area (Å²) in [6.07, 6.45) is 0. The predicted molar refractivity (Wildman–Crippen MR) is 147 cm³/mol. The average Bonchev–Trinajstić information content (AvgIpc) is 2.90. The van der Waals surface area contributed by atoms with Crippen molar-refractivity contribution in [2.45, 2.75) is 26.4 Å². The highest BCUT2D eigenvalue weighted by Crippen LogP contribution is 2.43. The van der Waals surface area contributed by atoms with Crippen molar-refractivity contribution in [2.24, 2.45) is 10.2 Å². The van der Waals surface area contributed by atoms with Crippen LogP contribution in [0.4, 0.5) is 34.1 Å². The zero-order chi connectivity index (χ0) is 28.7. The number of hydrogen-bond donors (Lipinski definition) is 1. The van der Waals surface area contributed by atoms with E-state index in [0.29, 0.717) is 18.0 Å². The largest absolute Gasteiger partial charge is 0.494 e. The standard InChI is InChI=1S/C25H22BrN7O6/c1-15(13-27)31(14-17-7-5-4-6-8-17)22-11-20(28-16(2)34)21(12-24(22)39-3)29-30-25-19(26)9-18(32(35)36)10-23(25)33(37)38/h4-12,15H,14H2,1-3H3,(H,28,34). The van der Waals surface area contributed by atoms with Crippen LogP contribution in [0, 0.1) is 31.6 Å². The first-order valence-corrected chi connectivity index (χ1v) is 12.1. The smallest absolute Gasteiger partial charge is 0.304 e. The third-order valence-corrected chi connectivity index (χ3v) is 6.07. The van der Waals surface area contributed by atoms with Gasteiger partial charge < -0.3 is 15.0 Å². The Morgan fingerprint density at radius 2 is 1.85 bits per heavy atom. The summed E-state index contributed by atoms with van der Waals surface area (Å²) in [7, 11) is 1.42. The molecule has 0 aliphatic rings. The van der Waals surface area contributed by atoms with E-state index < -0.39 is 33.2 Å². The molecule has 1 atom stereocenters. The lowest BCUT2D eigenvalue weighted by Crippen LogP contribution is -2.31. The number of nitro benzene ring substituents is 2. The number of ether oxygens (including phenoxy) is 1. The number of carbonyl (C=O) groups is 1. The van der Waals surface area contributed by atoms with Crippen molar-refractivity contribution in [3.8, 4) is 11.8 Å². The maximum Gasteiger partial charge on any atom is 0.304 e. The van der Waals surface area contributed by atoms with Gasteiger partial charge in [-0.1, -0.05) is 30.3 Å². The predicted octanol–water partition coefficient (Wildman–Crippen LogP) is 6.57. The summed E-state index contributed by atoms with van der Waals surface area (Å²) in [5, 5.41) is 43.2. The number of amides is 1. The van der Waals surface area contributed by atoms with Gasteiger partial charge in [0.1, 0.15) is 17.5 Å². The summed E-state index contributed by atoms with van der Waals surface area (Å²) in [4.78, 5) is 35.0. The fourth-order valence-electron chi connectivity index (χ4n) is 3.62. The molecule has 200 valence electrons. The van der Waals surface area contributed by atoms with Crippen molar-refractivity contribution in [1.29, 1.82) is 5.26 Å². The maximum atomic E-state index is 12.0. The number of nitriles is 1. The van der Waals surface area contributed by atoms with Crippen LogP contribution in [0.5, 0.6) is 5.75 Å². The number of anilines is 2. The molecule has 1 N–H and O–H groups in total. The van der Waals surface area contributed by atoms with Gasteiger partial charge in [0.15, 0.2) is 5.69 Å². The number of hydrogen-bond acceptors (Lipinski definition) is 10. The summed E-state index contributed by atoms with van der Waals surface area (Å²) < 4.78 is 5.56. The highest BCUT2D eigenvalue weighted by atomic mass is 79.9. The first kappa shape index (κ1) is 28.7. The van der Waals surface area contributed by atoms with Crippen LogP contribution in [0.15, 0.2) is 69.3 Å². The van der Waals surface area contributed by atoms with Gasteiger partial charge in [-0.25, -0.2) is 0 Å². The molecule has 39 heavy (non-hydrogen) atoms. The van der Waals surface area contributed by atoms with E-state index in [2.05, 4.69) is 37.5 Å². The van der Waals surface area contributed by atoms with E-state index in [1.165, 1.54) is 20.1 Å². The number of nitrogens with one attached hydrogen (secondary N) is 1. The van der Waals surface area contributed by atoms with E-state index in [4.69, 9.17) is 4.74 Å². The number of nitro groups is 2. The van der Waals surface area contributed by atoms with Gasteiger partial charge in [0, 0.05) is 25.6 Å². The Morgan fingerprint density at radius 1 is 1.15 bits per heavy atom. The molecule has 0 aliphatic carbocycles. The number of nitrogens with zero attached hydrogens (tertiary/aromatic N) is 6. The molecule has 3 rings (SSSR count). The summed E-state index contributed by atoms with van der Waals surface area (Å²) in [6.45, 7) is 3.37. The fraction of sp³-hybridized carbons (Fsp3) is 0.200. The normalized spacial score (nSPS) is 11.5. The molecule has 0 saturated carbocycles. The lowest BCUT2D eigenvalue weighted by Gasteiger charge is -2.29. The van der Waals surface area contributed by atoms with Crippen LogP contribution in [0.3, 0.4) is 0 Å². The Kier molecular flexibility index (Phi) is 9.24. The number of rotatable bonds is 10. The molecule has 0 saturated heterocycles. The Labute approximate surface area is 231 Å². The van der Waals surface area contributed by atoms with Crippen molar-refractivity contribution in [3.63, 3.8) is 0 Å². The number of carbonyl (C=O) groups excluding carboxylic acids is 1. The van der Waals surface area contributed by atoms with Crippen LogP contribution < -0.4 is 15.0 Å². The molecule has 3 aromatic carbocycles. The molecule has 1 unspecified atom stereocenters. The Hall–Kier alpha value is -4.90. The van der Waals surface area contributed by atoms with Crippen LogP contribution in [-0.4, -0.2) is 28.9 Å². The zero-order valence-electron chi connectivity index (χ0n) is 21.0. The monoisotopic (exact) mass is 595 g/mol. The van der Waals surface area contributed by atoms with Gasteiger partial charge in [0.2, 0.25) is 5.91 Å². The minimum atomic E-state index is -0.810. The average molecular weight is 596 g/mol. The molecule has 0 fully saturated rings. The van der Waals surface area contributed by atoms with Crippen molar-refractivity contribution >= 4 is 56.0 Å². The first-order valence-electron chi connectivity index (χ1n) is 11.3. The third kappa shape index (κ3) is 6.90. The summed E-state index contributed by atoms with van der Waals surface area (Å²) in [5.41, 5.74) is 0.318. The van der Waals surface area contributed by atoms with Gasteiger partial charge in [-0.05, 0) is 34.5 Å². The molecular weight excluding hydrogens is 574 g/mol. The van der Waals surface area contributed by atoms with Crippen LogP contribution in [0.25, 0.3) is 0 Å². The lowest BCUT2D eigenvalue weighted by molar-refractivity contribution is -0.393. The fourth-order valence-corrected chi connectivity index (χ4v) is 4.13. The molecule has 1 amide bonds. The molecular formula is C25H22BrN7O6. The molecule has 0 bridgehead atoms. The second-order valence-corrected chi connectivity index (χ2v) is 9.00. The molecule has 0 radical (unpaired) electrons. The molecule has 3 aromatic rings. The van der Waals surface area contributed by atoms with Gasteiger partial charge in [-0.15, -0.1) is 10.2 Å². The van der Waals surface area contributed by atoms with Crippen LogP contribution >= 0.6 is 15.9 Å². The summed E-state index contributed by atoms with van der Waals surface area (Å²) >= 11 is 3.09. The number of benzene rings is 3. The van der Waals surface area contributed by atoms with Gasteiger partial charge in [0.05, 0.1) is 44.9 Å². The quantitative estimate of drug-likeness (QED) is 0.155. The topological polar surface area (TPSA) is 176 Å². The number of non-ortho nitro benzene ring substituents is 1. The van der Waals surface area contributed by atoms with Crippen molar-refractivity contribution in [3.05, 3.63) is 84.9 Å². The SMILES string of the molecule is COc1cc(N=Nc2c(Br)cc([N+](=O)[O-])cc2[N+](=O)[O-])c(NC(C)=O)cc1N(Cc1ccccc1)C(C)C#N. The van der Waals surface area contributed by atoms with Gasteiger partial charge in [0.25, 0.3) is 5.69 Å². The molecule has 13 nitrogen and oxygen atoms in total. The van der Waals surface area contributed by atoms with Gasteiger partial charge >= 0.3 is 5.69 Å². The molecule has 0 spiro atoms. The maximum absolute atomic E-state index is 12.0. The summed E-state index contributed by atoms with van der Waals surface area (Å²) in [6, 6.07) is 16.0. The molecule has 14 heteroatoms. The number of azo groups is 1. The number of halogens is 1. The van der Waals surface area contributed by atoms with Crippen LogP contribution in [0.2, 0.25) is 0 Å². The van der Waals surface area contributed by atoms with Crippen LogP contribution in [0.1, 0.15) is 19.4 Å². The minimum absolute atomic E-state index is 0.0197. The molecule has 0 aliphatic heterocycles. The van der Waals surface area contributed by atoms with E-state index in [9.17, 15) is 30.3 Å². The molecule has 0 aromatic heterocycles. The van der Waals surface area contributed by atoms with E-state index in [0.717, 1.165) is 17.7 Å². The Bertz CT molecular complexity index is 1490. The Balaban J connectivity index is 2.16. The van der Waals surface area contributed by atoms with Crippen LogP contribution in [-0.2, 0) is 11.3 Å². The van der Waals surface area contributed by atoms with Crippen molar-refractivity contribution in [2.75, 3.05) is 17.3 Å². The van der Waals surface area contributed by atoms with Gasteiger partial charge in [-0.2, -0.15) is 5.26 Å². The summed E-state index contributed by atoms with van der Waals surface area (Å²) in [5.74, 6) is -0.124. The first-order chi connectivity index (χ1) is 18.5. The number of methoxy groups -OCH3 is 1. The Morgan fingerprint density at radius 3 is 2.41 bits per heavy atom. The second kappa shape index (κ2) is 12.6. The zero-order valence-corrected chi connectivity index (χ0v) is 22.6. The van der Waals surface area contributed by atoms with Gasteiger partial charge in [-0.3, -0.25) is 25.0 Å². The third-order valence-electron chi connectivity index (χ3n) is 5.46. The highest BCUT2D eigenvalue weighted by Gasteiger charge is 2.25. The van der Waals surface area contributed by atoms with E-state index >= 15 is 0 Å². The van der Waals surface area contributed by atoms with Crippen molar-refractivity contribution in [1.82, 2.24) is 0 Å². The van der Waals surface area contributed by atoms with Crippen molar-refractivity contribution < 1.29 is 19.4 Å². The van der Waals surface area contributed by atoms with E-state index in [-0.39, 0.29) is 21.5 Å². The highest BCUT2D eigenvalue weighted by molar-refractivity contribution is 9.10. The van der Waals surface area contributed by atoms with E-state index in [1.54, 1.807) is 17.9 Å². The lowest BCUT2D eigenvalue weighted by atomic mass is 10.1.